The van der Waals surface area contributed by atoms with Crippen molar-refractivity contribution in [1.29, 1.82) is 0 Å². The first-order chi connectivity index (χ1) is 4.05. The Balaban J connectivity index is 2.91. The summed E-state index contributed by atoms with van der Waals surface area (Å²) in [6.45, 7) is 0. The van der Waals surface area contributed by atoms with Crippen LogP contribution in [-0.2, 0) is 9.59 Å². The average Bonchev–Trinajstić information content (AvgIpc) is 1.96. The Bertz CT molecular complexity index is 155. The minimum atomic E-state index is -2.31. The van der Waals surface area contributed by atoms with Crippen molar-refractivity contribution in [1.82, 2.24) is 0 Å². The van der Waals surface area contributed by atoms with Crippen molar-refractivity contribution in [2.24, 2.45) is 0 Å². The Labute approximate surface area is 50.6 Å². The molecule has 0 aliphatic carbocycles. The van der Waals surface area contributed by atoms with E-state index in [2.05, 4.69) is 0 Å². The van der Waals surface area contributed by atoms with Gasteiger partial charge in [-0.15, -0.1) is 0 Å². The Morgan fingerprint density at radius 3 is 1.78 bits per heavy atom. The smallest absolute Gasteiger partial charge is 0.354 e. The van der Waals surface area contributed by atoms with Crippen LogP contribution >= 0.6 is 0 Å². The van der Waals surface area contributed by atoms with Crippen LogP contribution in [0.2, 0.25) is 0 Å². The molecule has 0 radical (unpaired) electrons. The fourth-order valence-electron chi connectivity index (χ4n) is 0.656. The fourth-order valence-corrected chi connectivity index (χ4v) is 0.656. The molecule has 0 unspecified atom stereocenters. The second-order valence-electron chi connectivity index (χ2n) is 1.86. The largest absolute Gasteiger partial charge is 0.584 e. The van der Waals surface area contributed by atoms with Gasteiger partial charge in [-0.05, 0) is 0 Å². The maximum atomic E-state index is 10.4. The first-order valence-electron chi connectivity index (χ1n) is 2.45. The number of carbonyl (C=O) groups is 2. The molecule has 0 bridgehead atoms. The van der Waals surface area contributed by atoms with E-state index in [1.54, 1.807) is 0 Å². The number of rotatable bonds is 0. The summed E-state index contributed by atoms with van der Waals surface area (Å²) in [5.41, 5.74) is 0. The zero-order chi connectivity index (χ0) is 7.07. The standard InChI is InChI=1S/C4H5NO4/c6-3-1-2-4(7)5(3,8)9/h8H,1-2H2. The number of hydrogen-bond acceptors (Lipinski definition) is 4. The van der Waals surface area contributed by atoms with Gasteiger partial charge in [-0.3, -0.25) is 0 Å². The first-order valence-corrected chi connectivity index (χ1v) is 2.45. The van der Waals surface area contributed by atoms with Crippen LogP contribution in [0.25, 0.3) is 0 Å². The van der Waals surface area contributed by atoms with Crippen LogP contribution in [0.5, 0.6) is 0 Å². The van der Waals surface area contributed by atoms with E-state index in [1.807, 2.05) is 0 Å². The SMILES string of the molecule is O=C1CCC(=O)[N+]1([O-])O. The highest BCUT2D eigenvalue weighted by Crippen LogP contribution is 2.16. The summed E-state index contributed by atoms with van der Waals surface area (Å²) in [5, 5.41) is 18.8. The highest BCUT2D eigenvalue weighted by Gasteiger charge is 2.42. The molecule has 5 heteroatoms. The summed E-state index contributed by atoms with van der Waals surface area (Å²) >= 11 is 0. The van der Waals surface area contributed by atoms with Gasteiger partial charge in [0, 0.05) is 0 Å². The Hall–Kier alpha value is -0.780. The van der Waals surface area contributed by atoms with Gasteiger partial charge >= 0.3 is 11.8 Å². The minimum Gasteiger partial charge on any atom is -0.584 e. The van der Waals surface area contributed by atoms with Crippen LogP contribution in [0, 0.1) is 5.21 Å². The van der Waals surface area contributed by atoms with Gasteiger partial charge in [-0.1, -0.05) is 4.81 Å². The summed E-state index contributed by atoms with van der Waals surface area (Å²) in [6, 6.07) is 0. The van der Waals surface area contributed by atoms with Crippen molar-refractivity contribution < 1.29 is 19.6 Å². The molecule has 0 atom stereocenters. The monoisotopic (exact) mass is 131 g/mol. The lowest BCUT2D eigenvalue weighted by Crippen LogP contribution is -2.43. The van der Waals surface area contributed by atoms with E-state index in [4.69, 9.17) is 5.21 Å². The first kappa shape index (κ1) is 6.34. The number of hydroxylamine groups is 4. The normalized spacial score (nSPS) is 25.1. The number of amides is 2. The molecule has 0 aromatic rings. The summed E-state index contributed by atoms with van der Waals surface area (Å²) < 4.78 is 0. The van der Waals surface area contributed by atoms with Gasteiger partial charge in [0.1, 0.15) is 0 Å². The molecule has 1 fully saturated rings. The summed E-state index contributed by atoms with van der Waals surface area (Å²) in [4.78, 5) is 18.3. The predicted octanol–water partition coefficient (Wildman–Crippen LogP) is -0.463. The van der Waals surface area contributed by atoms with E-state index >= 15 is 0 Å². The quantitative estimate of drug-likeness (QED) is 0.209. The van der Waals surface area contributed by atoms with Gasteiger partial charge in [-0.25, -0.2) is 14.8 Å². The van der Waals surface area contributed by atoms with Gasteiger partial charge in [-0.2, -0.15) is 0 Å². The van der Waals surface area contributed by atoms with Crippen molar-refractivity contribution in [3.8, 4) is 0 Å². The third-order valence-electron chi connectivity index (χ3n) is 1.23. The van der Waals surface area contributed by atoms with Gasteiger partial charge in [0.15, 0.2) is 0 Å². The molecule has 0 saturated carbocycles. The minimum absolute atomic E-state index is 0.140. The van der Waals surface area contributed by atoms with Crippen molar-refractivity contribution >= 4 is 11.8 Å². The number of carbonyl (C=O) groups excluding carboxylic acids is 2. The molecule has 1 heterocycles. The van der Waals surface area contributed by atoms with Crippen molar-refractivity contribution in [3.05, 3.63) is 5.21 Å². The molecule has 9 heavy (non-hydrogen) atoms. The Morgan fingerprint density at radius 2 is 1.67 bits per heavy atom. The number of nitrogens with zero attached hydrogens (tertiary/aromatic N) is 1. The van der Waals surface area contributed by atoms with E-state index in [1.165, 1.54) is 0 Å². The summed E-state index contributed by atoms with van der Waals surface area (Å²) in [5.74, 6) is -1.94. The van der Waals surface area contributed by atoms with Crippen LogP contribution in [0.4, 0.5) is 0 Å². The Kier molecular flexibility index (Phi) is 1.13. The summed E-state index contributed by atoms with van der Waals surface area (Å²) in [7, 11) is 0. The van der Waals surface area contributed by atoms with Crippen LogP contribution in [-0.4, -0.2) is 21.8 Å². The van der Waals surface area contributed by atoms with Crippen LogP contribution in [0.15, 0.2) is 0 Å². The number of hydrogen-bond donors (Lipinski definition) is 1. The molecular formula is C4H5NO4. The highest BCUT2D eigenvalue weighted by molar-refractivity contribution is 5.91. The molecule has 50 valence electrons. The van der Waals surface area contributed by atoms with Crippen LogP contribution < -0.4 is 0 Å². The number of imide groups is 1. The molecular weight excluding hydrogens is 126 g/mol. The van der Waals surface area contributed by atoms with E-state index in [-0.39, 0.29) is 12.8 Å². The topological polar surface area (TPSA) is 77.4 Å². The lowest BCUT2D eigenvalue weighted by Gasteiger charge is -2.20. The molecule has 0 spiro atoms. The number of quaternary nitrogens is 1. The molecule has 5 nitrogen and oxygen atoms in total. The van der Waals surface area contributed by atoms with Gasteiger partial charge in [0.05, 0.1) is 12.8 Å². The molecule has 1 saturated heterocycles. The lowest BCUT2D eigenvalue weighted by atomic mass is 10.4. The van der Waals surface area contributed by atoms with Crippen molar-refractivity contribution in [2.75, 3.05) is 0 Å². The predicted molar refractivity (Wildman–Crippen MR) is 24.7 cm³/mol. The van der Waals surface area contributed by atoms with E-state index in [9.17, 15) is 14.8 Å². The maximum absolute atomic E-state index is 10.4. The molecule has 1 rings (SSSR count). The van der Waals surface area contributed by atoms with Crippen molar-refractivity contribution in [3.63, 3.8) is 0 Å². The van der Waals surface area contributed by atoms with Crippen LogP contribution in [0.3, 0.4) is 0 Å². The van der Waals surface area contributed by atoms with E-state index < -0.39 is 16.6 Å². The molecule has 1 aliphatic heterocycles. The van der Waals surface area contributed by atoms with Crippen LogP contribution in [0.1, 0.15) is 12.8 Å². The molecule has 1 aliphatic rings. The summed E-state index contributed by atoms with van der Waals surface area (Å²) in [6.07, 6.45) is -0.280. The highest BCUT2D eigenvalue weighted by atomic mass is 16.9. The van der Waals surface area contributed by atoms with E-state index in [0.717, 1.165) is 0 Å². The Morgan fingerprint density at radius 1 is 1.33 bits per heavy atom. The maximum Gasteiger partial charge on any atom is 0.354 e. The van der Waals surface area contributed by atoms with Gasteiger partial charge in [0.2, 0.25) is 0 Å². The molecule has 0 aromatic carbocycles. The van der Waals surface area contributed by atoms with Crippen molar-refractivity contribution in [2.45, 2.75) is 12.8 Å². The molecule has 1 N–H and O–H groups in total. The van der Waals surface area contributed by atoms with Gasteiger partial charge in [0.25, 0.3) is 0 Å². The third kappa shape index (κ3) is 0.748. The second kappa shape index (κ2) is 1.60. The zero-order valence-corrected chi connectivity index (χ0v) is 4.53. The third-order valence-corrected chi connectivity index (χ3v) is 1.23. The molecule has 2 amide bonds. The second-order valence-corrected chi connectivity index (χ2v) is 1.86. The fraction of sp³-hybridized carbons (Fsp3) is 0.500. The van der Waals surface area contributed by atoms with Gasteiger partial charge < -0.3 is 5.21 Å². The average molecular weight is 131 g/mol. The lowest BCUT2D eigenvalue weighted by molar-refractivity contribution is -0.929. The molecule has 0 aromatic heterocycles. The van der Waals surface area contributed by atoms with E-state index in [0.29, 0.717) is 0 Å². The zero-order valence-electron chi connectivity index (χ0n) is 4.53.